The van der Waals surface area contributed by atoms with Crippen molar-refractivity contribution in [3.8, 4) is 0 Å². The molecule has 9 N–H and O–H groups in total. The molecule has 2 heterocycles. The molecule has 2 rings (SSSR count). The minimum absolute atomic E-state index is 0.685. The molecule has 2 saturated heterocycles. The van der Waals surface area contributed by atoms with Crippen molar-refractivity contribution in [2.45, 2.75) is 87.2 Å². The van der Waals surface area contributed by atoms with Gasteiger partial charge in [0.2, 0.25) is 5.91 Å². The van der Waals surface area contributed by atoms with Crippen molar-refractivity contribution in [1.29, 1.82) is 0 Å². The summed E-state index contributed by atoms with van der Waals surface area (Å²) in [6.45, 7) is 0.251. The number of carboxylic acid groups (broad SMARTS) is 1. The molecule has 202 valence electrons. The van der Waals surface area contributed by atoms with Crippen LogP contribution in [0, 0.1) is 0 Å². The smallest absolute Gasteiger partial charge is 0.364 e. The zero-order valence-corrected chi connectivity index (χ0v) is 18.8. The standard InChI is InChI=1S/C19H31NO15/c1-6(22)20-11-9(33-7(2)23)3-19(18(30)31,35-16(11)12(25)8(24)4-21)32-5-10-13(26)14(27)15(28)17(29)34-10/h8-17,21,24-29H,3-5H2,1-2H3,(H,20,22)(H,30,31)/t8-,9+,10-,11-,12-,13+,14+,15-,16-,17-,19-/m1/s1. The Morgan fingerprint density at radius 3 is 2.23 bits per heavy atom. The number of nitrogens with one attached hydrogen (secondary N) is 1. The van der Waals surface area contributed by atoms with Gasteiger partial charge in [0.1, 0.15) is 48.8 Å². The molecule has 0 unspecified atom stereocenters. The number of carbonyl (C=O) groups excluding carboxylic acids is 2. The van der Waals surface area contributed by atoms with E-state index in [-0.39, 0.29) is 0 Å². The number of esters is 1. The third-order valence-corrected chi connectivity index (χ3v) is 5.65. The Bertz CT molecular complexity index is 767. The van der Waals surface area contributed by atoms with Crippen LogP contribution in [0.3, 0.4) is 0 Å². The van der Waals surface area contributed by atoms with E-state index in [9.17, 15) is 55.2 Å². The van der Waals surface area contributed by atoms with E-state index in [0.717, 1.165) is 13.8 Å². The predicted octanol–water partition coefficient (Wildman–Crippen LogP) is -5.48. The van der Waals surface area contributed by atoms with Crippen LogP contribution in [0.5, 0.6) is 0 Å². The molecule has 16 heteroatoms. The van der Waals surface area contributed by atoms with Crippen LogP contribution in [0.25, 0.3) is 0 Å². The van der Waals surface area contributed by atoms with Gasteiger partial charge in [-0.25, -0.2) is 4.79 Å². The Morgan fingerprint density at radius 2 is 1.71 bits per heavy atom. The predicted molar refractivity (Wildman–Crippen MR) is 107 cm³/mol. The molecular formula is C19H31NO15. The Morgan fingerprint density at radius 1 is 1.09 bits per heavy atom. The van der Waals surface area contributed by atoms with Gasteiger partial charge in [-0.15, -0.1) is 0 Å². The Kier molecular flexibility index (Phi) is 9.88. The van der Waals surface area contributed by atoms with Gasteiger partial charge >= 0.3 is 11.9 Å². The number of amides is 1. The third kappa shape index (κ3) is 6.62. The van der Waals surface area contributed by atoms with Crippen LogP contribution >= 0.6 is 0 Å². The van der Waals surface area contributed by atoms with E-state index in [1.807, 2.05) is 0 Å². The average molecular weight is 513 g/mol. The maximum Gasteiger partial charge on any atom is 0.364 e. The second-order valence-electron chi connectivity index (χ2n) is 8.31. The van der Waals surface area contributed by atoms with Gasteiger partial charge in [-0.1, -0.05) is 0 Å². The summed E-state index contributed by atoms with van der Waals surface area (Å²) < 4.78 is 20.9. The van der Waals surface area contributed by atoms with Crippen molar-refractivity contribution in [3.63, 3.8) is 0 Å². The molecule has 16 nitrogen and oxygen atoms in total. The van der Waals surface area contributed by atoms with Gasteiger partial charge in [0.05, 0.1) is 25.7 Å². The van der Waals surface area contributed by atoms with Crippen LogP contribution in [0.2, 0.25) is 0 Å². The summed E-state index contributed by atoms with van der Waals surface area (Å²) in [5, 5.41) is 81.2. The first-order valence-electron chi connectivity index (χ1n) is 10.6. The molecule has 0 bridgehead atoms. The van der Waals surface area contributed by atoms with Crippen molar-refractivity contribution in [1.82, 2.24) is 5.32 Å². The first-order valence-corrected chi connectivity index (χ1v) is 10.6. The summed E-state index contributed by atoms with van der Waals surface area (Å²) in [4.78, 5) is 35.7. The number of rotatable bonds is 9. The zero-order valence-electron chi connectivity index (χ0n) is 18.8. The largest absolute Gasteiger partial charge is 0.477 e. The van der Waals surface area contributed by atoms with Gasteiger partial charge in [-0.3, -0.25) is 9.59 Å². The molecule has 0 aliphatic carbocycles. The number of aliphatic hydroxyl groups is 7. The van der Waals surface area contributed by atoms with Crippen molar-refractivity contribution in [2.24, 2.45) is 0 Å². The van der Waals surface area contributed by atoms with Gasteiger partial charge in [0.25, 0.3) is 5.79 Å². The van der Waals surface area contributed by atoms with Crippen LogP contribution in [-0.4, -0.2) is 139 Å². The number of ether oxygens (including phenoxy) is 4. The topological polar surface area (TPSA) is 262 Å². The summed E-state index contributed by atoms with van der Waals surface area (Å²) in [7, 11) is 0. The molecule has 11 atom stereocenters. The minimum atomic E-state index is -2.73. The summed E-state index contributed by atoms with van der Waals surface area (Å²) in [6.07, 6.45) is -17.0. The van der Waals surface area contributed by atoms with Crippen molar-refractivity contribution in [2.75, 3.05) is 13.2 Å². The van der Waals surface area contributed by atoms with Crippen molar-refractivity contribution < 1.29 is 74.2 Å². The number of aliphatic hydroxyl groups excluding tert-OH is 7. The highest BCUT2D eigenvalue weighted by Crippen LogP contribution is 2.36. The molecule has 2 fully saturated rings. The van der Waals surface area contributed by atoms with Gasteiger partial charge in [0, 0.05) is 13.8 Å². The van der Waals surface area contributed by atoms with Crippen LogP contribution in [0.1, 0.15) is 20.3 Å². The summed E-state index contributed by atoms with van der Waals surface area (Å²) in [6, 6.07) is -1.39. The lowest BCUT2D eigenvalue weighted by Gasteiger charge is -2.48. The lowest BCUT2D eigenvalue weighted by Crippen LogP contribution is -2.69. The first-order chi connectivity index (χ1) is 16.2. The monoisotopic (exact) mass is 513 g/mol. The fraction of sp³-hybridized carbons (Fsp3) is 0.842. The van der Waals surface area contributed by atoms with Crippen LogP contribution in [0.4, 0.5) is 0 Å². The summed E-state index contributed by atoms with van der Waals surface area (Å²) in [5.41, 5.74) is 0. The highest BCUT2D eigenvalue weighted by atomic mass is 16.7. The van der Waals surface area contributed by atoms with Crippen molar-refractivity contribution in [3.05, 3.63) is 0 Å². The Balaban J connectivity index is 2.40. The Hall–Kier alpha value is -1.99. The summed E-state index contributed by atoms with van der Waals surface area (Å²) >= 11 is 0. The van der Waals surface area contributed by atoms with E-state index in [1.54, 1.807) is 0 Å². The van der Waals surface area contributed by atoms with Gasteiger partial charge in [0.15, 0.2) is 6.29 Å². The quantitative estimate of drug-likeness (QED) is 0.130. The second-order valence-corrected chi connectivity index (χ2v) is 8.31. The van der Waals surface area contributed by atoms with E-state index in [4.69, 9.17) is 18.9 Å². The molecule has 0 radical (unpaired) electrons. The minimum Gasteiger partial charge on any atom is -0.477 e. The lowest BCUT2D eigenvalue weighted by molar-refractivity contribution is -0.334. The fourth-order valence-electron chi connectivity index (χ4n) is 3.87. The molecule has 35 heavy (non-hydrogen) atoms. The third-order valence-electron chi connectivity index (χ3n) is 5.65. The molecule has 2 aliphatic heterocycles. The lowest BCUT2D eigenvalue weighted by atomic mass is 9.88. The number of carboxylic acids is 1. The maximum absolute atomic E-state index is 12.3. The number of hydrogen-bond donors (Lipinski definition) is 9. The van der Waals surface area contributed by atoms with E-state index >= 15 is 0 Å². The van der Waals surface area contributed by atoms with Gasteiger partial charge in [-0.05, 0) is 0 Å². The first kappa shape index (κ1) is 29.2. The number of carbonyl (C=O) groups is 3. The van der Waals surface area contributed by atoms with E-state index in [0.29, 0.717) is 0 Å². The molecule has 0 aromatic carbocycles. The molecule has 0 aromatic rings. The fourth-order valence-corrected chi connectivity index (χ4v) is 3.87. The van der Waals surface area contributed by atoms with Crippen LogP contribution in [0.15, 0.2) is 0 Å². The highest BCUT2D eigenvalue weighted by molar-refractivity contribution is 5.77. The van der Waals surface area contributed by atoms with Gasteiger partial charge < -0.3 is 65.1 Å². The van der Waals surface area contributed by atoms with E-state index < -0.39 is 104 Å². The molecule has 2 aliphatic rings. The van der Waals surface area contributed by atoms with Crippen LogP contribution < -0.4 is 5.32 Å². The highest BCUT2D eigenvalue weighted by Gasteiger charge is 2.58. The van der Waals surface area contributed by atoms with E-state index in [2.05, 4.69) is 5.32 Å². The number of aliphatic carboxylic acids is 1. The molecule has 0 spiro atoms. The molecular weight excluding hydrogens is 482 g/mol. The van der Waals surface area contributed by atoms with Crippen molar-refractivity contribution >= 4 is 17.8 Å². The average Bonchev–Trinajstić information content (AvgIpc) is 2.78. The zero-order chi connectivity index (χ0) is 26.7. The number of hydrogen-bond acceptors (Lipinski definition) is 14. The molecule has 0 saturated carbocycles. The second kappa shape index (κ2) is 11.8. The molecule has 0 aromatic heterocycles. The molecule has 1 amide bonds. The van der Waals surface area contributed by atoms with Gasteiger partial charge in [-0.2, -0.15) is 0 Å². The van der Waals surface area contributed by atoms with Crippen LogP contribution in [-0.2, 0) is 33.3 Å². The van der Waals surface area contributed by atoms with E-state index in [1.165, 1.54) is 0 Å². The Labute approximate surface area is 198 Å². The maximum atomic E-state index is 12.3. The SMILES string of the molecule is CC(=O)N[C@H]1[C@H]([C@H](O)[C@H](O)CO)O[C@@](OC[C@H]2O[C@@H](O)[C@H](O)[C@@H](O)[C@H]2O)(C(=O)O)C[C@@H]1OC(C)=O. The summed E-state index contributed by atoms with van der Waals surface area (Å²) in [5.74, 6) is -6.12. The normalized spacial score (nSPS) is 39.3.